The number of hydrogen-bond donors (Lipinski definition) is 3. The second-order valence-electron chi connectivity index (χ2n) is 10.2. The third kappa shape index (κ3) is 2.92. The topological polar surface area (TPSA) is 104 Å². The van der Waals surface area contributed by atoms with Gasteiger partial charge in [0.05, 0.1) is 17.8 Å². The van der Waals surface area contributed by atoms with Crippen molar-refractivity contribution in [3.8, 4) is 0 Å². The summed E-state index contributed by atoms with van der Waals surface area (Å²) >= 11 is 0. The van der Waals surface area contributed by atoms with Gasteiger partial charge in [0.15, 0.2) is 0 Å². The van der Waals surface area contributed by atoms with Gasteiger partial charge in [-0.05, 0) is 81.5 Å². The maximum atomic E-state index is 11.3. The van der Waals surface area contributed by atoms with E-state index in [1.165, 1.54) is 5.57 Å². The Morgan fingerprint density at radius 3 is 2.46 bits per heavy atom. The SMILES string of the molecule is CC(O)C1(O)CCC2C3CC=C4CC(OS(=O)(=O)O)CCC4(C)C3CCC21C. The molecule has 3 N–H and O–H groups in total. The van der Waals surface area contributed by atoms with Crippen molar-refractivity contribution >= 4 is 10.4 Å². The molecule has 0 aromatic rings. The van der Waals surface area contributed by atoms with Crippen LogP contribution in [-0.4, -0.2) is 41.0 Å². The molecule has 3 fully saturated rings. The molecule has 4 aliphatic rings. The van der Waals surface area contributed by atoms with Crippen LogP contribution in [0.1, 0.15) is 72.1 Å². The highest BCUT2D eigenvalue weighted by molar-refractivity contribution is 7.80. The average Bonchev–Trinajstić information content (AvgIpc) is 2.87. The Labute approximate surface area is 168 Å². The fourth-order valence-electron chi connectivity index (χ4n) is 7.62. The summed E-state index contributed by atoms with van der Waals surface area (Å²) in [5.41, 5.74) is 0.0274. The summed E-state index contributed by atoms with van der Waals surface area (Å²) in [5, 5.41) is 21.6. The molecule has 28 heavy (non-hydrogen) atoms. The third-order valence-electron chi connectivity index (χ3n) is 9.22. The third-order valence-corrected chi connectivity index (χ3v) is 9.74. The summed E-state index contributed by atoms with van der Waals surface area (Å²) in [6.45, 7) is 6.19. The van der Waals surface area contributed by atoms with Gasteiger partial charge in [-0.1, -0.05) is 25.5 Å². The zero-order chi connectivity index (χ0) is 20.5. The van der Waals surface area contributed by atoms with Crippen LogP contribution >= 0.6 is 0 Å². The van der Waals surface area contributed by atoms with E-state index in [0.717, 1.165) is 32.1 Å². The minimum Gasteiger partial charge on any atom is -0.390 e. The van der Waals surface area contributed by atoms with Gasteiger partial charge in [0.2, 0.25) is 0 Å². The highest BCUT2D eigenvalue weighted by Gasteiger charge is 2.65. The fourth-order valence-corrected chi connectivity index (χ4v) is 8.13. The molecule has 0 amide bonds. The van der Waals surface area contributed by atoms with Crippen LogP contribution in [0.3, 0.4) is 0 Å². The first-order valence-electron chi connectivity index (χ1n) is 10.7. The van der Waals surface area contributed by atoms with Crippen LogP contribution in [0, 0.1) is 28.6 Å². The van der Waals surface area contributed by atoms with Gasteiger partial charge < -0.3 is 10.2 Å². The van der Waals surface area contributed by atoms with Crippen LogP contribution in [-0.2, 0) is 14.6 Å². The molecule has 7 heteroatoms. The molecule has 6 nitrogen and oxygen atoms in total. The van der Waals surface area contributed by atoms with Crippen LogP contribution in [0.2, 0.25) is 0 Å². The molecule has 0 heterocycles. The van der Waals surface area contributed by atoms with E-state index in [1.54, 1.807) is 6.92 Å². The highest BCUT2D eigenvalue weighted by Crippen LogP contribution is 2.67. The molecular weight excluding hydrogens is 380 g/mol. The quantitative estimate of drug-likeness (QED) is 0.484. The lowest BCUT2D eigenvalue weighted by Gasteiger charge is -2.59. The molecule has 0 radical (unpaired) electrons. The standard InChI is InChI=1S/C21H34O6S/c1-13(22)21(23)11-8-18-16-5-4-14-12-15(27-28(24,25)26)6-9-19(14,2)17(16)7-10-20(18,21)3/h4,13,15-18,22-23H,5-12H2,1-3H3,(H,24,25,26). The lowest BCUT2D eigenvalue weighted by Crippen LogP contribution is -2.58. The van der Waals surface area contributed by atoms with Gasteiger partial charge in [0.1, 0.15) is 0 Å². The van der Waals surface area contributed by atoms with Crippen LogP contribution in [0.4, 0.5) is 0 Å². The molecule has 0 bridgehead atoms. The van der Waals surface area contributed by atoms with E-state index in [2.05, 4.69) is 19.9 Å². The van der Waals surface area contributed by atoms with E-state index in [4.69, 9.17) is 8.74 Å². The Kier molecular flexibility index (Phi) is 4.83. The molecule has 0 aliphatic heterocycles. The van der Waals surface area contributed by atoms with Crippen molar-refractivity contribution in [2.75, 3.05) is 0 Å². The Morgan fingerprint density at radius 2 is 1.82 bits per heavy atom. The predicted molar refractivity (Wildman–Crippen MR) is 105 cm³/mol. The smallest absolute Gasteiger partial charge is 0.390 e. The van der Waals surface area contributed by atoms with Gasteiger partial charge in [0.25, 0.3) is 0 Å². The van der Waals surface area contributed by atoms with Crippen molar-refractivity contribution in [1.29, 1.82) is 0 Å². The molecule has 4 rings (SSSR count). The van der Waals surface area contributed by atoms with Crippen LogP contribution < -0.4 is 0 Å². The number of hydrogen-bond acceptors (Lipinski definition) is 5. The van der Waals surface area contributed by atoms with Gasteiger partial charge in [-0.2, -0.15) is 8.42 Å². The summed E-state index contributed by atoms with van der Waals surface area (Å²) in [5.74, 6) is 1.39. The summed E-state index contributed by atoms with van der Waals surface area (Å²) in [7, 11) is -4.42. The molecule has 0 saturated heterocycles. The number of allylic oxidation sites excluding steroid dienone is 1. The van der Waals surface area contributed by atoms with E-state index >= 15 is 0 Å². The lowest BCUT2D eigenvalue weighted by molar-refractivity contribution is -0.170. The van der Waals surface area contributed by atoms with Gasteiger partial charge in [-0.25, -0.2) is 4.18 Å². The zero-order valence-corrected chi connectivity index (χ0v) is 17.9. The molecule has 4 aliphatic carbocycles. The number of aliphatic hydroxyl groups excluding tert-OH is 1. The minimum atomic E-state index is -4.42. The molecule has 160 valence electrons. The molecule has 8 atom stereocenters. The Bertz CT molecular complexity index is 776. The second kappa shape index (κ2) is 6.51. The zero-order valence-electron chi connectivity index (χ0n) is 17.1. The Morgan fingerprint density at radius 1 is 1.14 bits per heavy atom. The second-order valence-corrected chi connectivity index (χ2v) is 11.3. The van der Waals surface area contributed by atoms with E-state index < -0.39 is 28.2 Å². The Balaban J connectivity index is 1.60. The van der Waals surface area contributed by atoms with Crippen LogP contribution in [0.5, 0.6) is 0 Å². The van der Waals surface area contributed by atoms with Gasteiger partial charge in [-0.3, -0.25) is 4.55 Å². The van der Waals surface area contributed by atoms with Gasteiger partial charge in [-0.15, -0.1) is 0 Å². The molecule has 3 saturated carbocycles. The first-order chi connectivity index (χ1) is 12.9. The number of aliphatic hydroxyl groups is 2. The van der Waals surface area contributed by atoms with Crippen molar-refractivity contribution in [3.05, 3.63) is 11.6 Å². The maximum Gasteiger partial charge on any atom is 0.397 e. The predicted octanol–water partition coefficient (Wildman–Crippen LogP) is 3.25. The van der Waals surface area contributed by atoms with Crippen molar-refractivity contribution in [2.45, 2.75) is 89.9 Å². The number of fused-ring (bicyclic) bond motifs is 5. The van der Waals surface area contributed by atoms with Crippen molar-refractivity contribution < 1.29 is 27.4 Å². The summed E-state index contributed by atoms with van der Waals surface area (Å²) in [6, 6.07) is 0. The molecular formula is C21H34O6S. The van der Waals surface area contributed by atoms with Crippen molar-refractivity contribution in [1.82, 2.24) is 0 Å². The Hall–Kier alpha value is -0.470. The normalized spacial score (nSPS) is 49.6. The summed E-state index contributed by atoms with van der Waals surface area (Å²) in [4.78, 5) is 0. The van der Waals surface area contributed by atoms with Gasteiger partial charge >= 0.3 is 10.4 Å². The van der Waals surface area contributed by atoms with Gasteiger partial charge in [0, 0.05) is 5.41 Å². The highest BCUT2D eigenvalue weighted by atomic mass is 32.3. The largest absolute Gasteiger partial charge is 0.397 e. The molecule has 0 aromatic heterocycles. The molecule has 0 spiro atoms. The molecule has 0 aromatic carbocycles. The van der Waals surface area contributed by atoms with E-state index in [-0.39, 0.29) is 10.8 Å². The molecule has 8 unspecified atom stereocenters. The fraction of sp³-hybridized carbons (Fsp3) is 0.905. The summed E-state index contributed by atoms with van der Waals surface area (Å²) < 4.78 is 36.1. The lowest BCUT2D eigenvalue weighted by atomic mass is 9.46. The van der Waals surface area contributed by atoms with Crippen LogP contribution in [0.15, 0.2) is 11.6 Å². The van der Waals surface area contributed by atoms with Crippen LogP contribution in [0.25, 0.3) is 0 Å². The number of rotatable bonds is 3. The van der Waals surface area contributed by atoms with E-state index in [1.807, 2.05) is 0 Å². The average molecular weight is 415 g/mol. The monoisotopic (exact) mass is 414 g/mol. The van der Waals surface area contributed by atoms with Crippen molar-refractivity contribution in [3.63, 3.8) is 0 Å². The first kappa shape index (κ1) is 20.8. The van der Waals surface area contributed by atoms with E-state index in [0.29, 0.717) is 37.0 Å². The summed E-state index contributed by atoms with van der Waals surface area (Å²) in [6.07, 6.45) is 7.57. The maximum absolute atomic E-state index is 11.3. The first-order valence-corrected chi connectivity index (χ1v) is 12.0. The van der Waals surface area contributed by atoms with Crippen molar-refractivity contribution in [2.24, 2.45) is 28.6 Å². The minimum absolute atomic E-state index is 0.0227. The van der Waals surface area contributed by atoms with E-state index in [9.17, 15) is 18.6 Å².